The molecule has 0 aliphatic heterocycles. The van der Waals surface area contributed by atoms with Crippen LogP contribution in [-0.4, -0.2) is 19.6 Å². The highest BCUT2D eigenvalue weighted by Crippen LogP contribution is 2.18. The van der Waals surface area contributed by atoms with E-state index >= 15 is 0 Å². The number of carbonyl (C=O) groups excluding carboxylic acids is 1. The second-order valence-electron chi connectivity index (χ2n) is 7.02. The molecule has 3 aromatic rings. The predicted molar refractivity (Wildman–Crippen MR) is 117 cm³/mol. The lowest BCUT2D eigenvalue weighted by atomic mass is 10.1. The summed E-state index contributed by atoms with van der Waals surface area (Å²) in [7, 11) is -2.26. The van der Waals surface area contributed by atoms with E-state index in [0.717, 1.165) is 11.4 Å². The van der Waals surface area contributed by atoms with Crippen LogP contribution in [0.1, 0.15) is 12.5 Å². The topological polar surface area (TPSA) is 29.1 Å². The SMILES string of the molecule is CC(=O)NC(Cc1ccc(Cl)cc1)[Si](C)(c1ccccc1)c1ccccc1. The van der Waals surface area contributed by atoms with Crippen molar-refractivity contribution in [3.8, 4) is 0 Å². The first-order chi connectivity index (χ1) is 13.0. The molecule has 4 heteroatoms. The normalized spacial score (nSPS) is 12.4. The molecule has 0 spiro atoms. The van der Waals surface area contributed by atoms with Gasteiger partial charge in [-0.05, 0) is 24.1 Å². The molecular formula is C23H24ClNOSi. The van der Waals surface area contributed by atoms with Crippen molar-refractivity contribution in [2.45, 2.75) is 25.6 Å². The molecule has 0 aliphatic carbocycles. The molecule has 0 heterocycles. The third kappa shape index (κ3) is 4.49. The maximum atomic E-state index is 12.1. The van der Waals surface area contributed by atoms with Gasteiger partial charge in [0, 0.05) is 17.6 Å². The van der Waals surface area contributed by atoms with Crippen LogP contribution >= 0.6 is 11.6 Å². The van der Waals surface area contributed by atoms with Gasteiger partial charge in [0.15, 0.2) is 0 Å². The van der Waals surface area contributed by atoms with E-state index in [9.17, 15) is 4.79 Å². The summed E-state index contributed by atoms with van der Waals surface area (Å²) in [4.78, 5) is 12.1. The Morgan fingerprint density at radius 3 is 1.81 bits per heavy atom. The Kier molecular flexibility index (Phi) is 6.14. The Morgan fingerprint density at radius 2 is 1.37 bits per heavy atom. The summed E-state index contributed by atoms with van der Waals surface area (Å²) in [5, 5.41) is 6.61. The zero-order valence-electron chi connectivity index (χ0n) is 15.7. The molecule has 1 amide bonds. The van der Waals surface area contributed by atoms with E-state index in [1.807, 2.05) is 36.4 Å². The zero-order valence-corrected chi connectivity index (χ0v) is 17.4. The molecular weight excluding hydrogens is 370 g/mol. The zero-order chi connectivity index (χ0) is 19.3. The van der Waals surface area contributed by atoms with Gasteiger partial charge in [-0.3, -0.25) is 4.79 Å². The Balaban J connectivity index is 2.10. The monoisotopic (exact) mass is 393 g/mol. The average molecular weight is 394 g/mol. The third-order valence-electron chi connectivity index (χ3n) is 5.17. The van der Waals surface area contributed by atoms with Crippen LogP contribution in [0.5, 0.6) is 0 Å². The molecule has 2 nitrogen and oxygen atoms in total. The lowest BCUT2D eigenvalue weighted by molar-refractivity contribution is -0.119. The summed E-state index contributed by atoms with van der Waals surface area (Å²) < 4.78 is 0. The highest BCUT2D eigenvalue weighted by atomic mass is 35.5. The molecule has 1 atom stereocenters. The molecule has 0 saturated heterocycles. The number of halogens is 1. The lowest BCUT2D eigenvalue weighted by Gasteiger charge is -2.37. The number of hydrogen-bond donors (Lipinski definition) is 1. The molecule has 0 radical (unpaired) electrons. The number of benzene rings is 3. The molecule has 0 aliphatic rings. The number of nitrogens with one attached hydrogen (secondary N) is 1. The van der Waals surface area contributed by atoms with Gasteiger partial charge in [-0.1, -0.05) is 101 Å². The van der Waals surface area contributed by atoms with Crippen molar-refractivity contribution >= 4 is 36.0 Å². The summed E-state index contributed by atoms with van der Waals surface area (Å²) in [5.41, 5.74) is 1.20. The van der Waals surface area contributed by atoms with Crippen molar-refractivity contribution in [3.63, 3.8) is 0 Å². The fourth-order valence-corrected chi connectivity index (χ4v) is 7.81. The summed E-state index contributed by atoms with van der Waals surface area (Å²) in [6.45, 7) is 3.94. The molecule has 3 rings (SSSR count). The van der Waals surface area contributed by atoms with Gasteiger partial charge in [0.05, 0.1) is 0 Å². The predicted octanol–water partition coefficient (Wildman–Crippen LogP) is 3.82. The fraction of sp³-hybridized carbons (Fsp3) is 0.174. The van der Waals surface area contributed by atoms with Crippen LogP contribution in [0.25, 0.3) is 0 Å². The molecule has 0 fully saturated rings. The van der Waals surface area contributed by atoms with Gasteiger partial charge in [0.2, 0.25) is 5.91 Å². The van der Waals surface area contributed by atoms with Gasteiger partial charge in [-0.15, -0.1) is 0 Å². The quantitative estimate of drug-likeness (QED) is 0.634. The van der Waals surface area contributed by atoms with E-state index in [-0.39, 0.29) is 11.6 Å². The van der Waals surface area contributed by atoms with E-state index in [0.29, 0.717) is 0 Å². The maximum absolute atomic E-state index is 12.1. The van der Waals surface area contributed by atoms with Crippen molar-refractivity contribution in [1.29, 1.82) is 0 Å². The van der Waals surface area contributed by atoms with Crippen LogP contribution in [0.3, 0.4) is 0 Å². The minimum Gasteiger partial charge on any atom is -0.355 e. The van der Waals surface area contributed by atoms with Crippen molar-refractivity contribution in [1.82, 2.24) is 5.32 Å². The molecule has 27 heavy (non-hydrogen) atoms. The summed E-state index contributed by atoms with van der Waals surface area (Å²) >= 11 is 6.05. The Labute approximate surface area is 167 Å². The highest BCUT2D eigenvalue weighted by Gasteiger charge is 2.40. The largest absolute Gasteiger partial charge is 0.355 e. The van der Waals surface area contributed by atoms with E-state index < -0.39 is 8.07 Å². The Bertz CT molecular complexity index is 842. The Hall–Kier alpha value is -2.36. The fourth-order valence-electron chi connectivity index (χ4n) is 3.64. The average Bonchev–Trinajstić information content (AvgIpc) is 2.69. The highest BCUT2D eigenvalue weighted by molar-refractivity contribution is 7.02. The van der Waals surface area contributed by atoms with Gasteiger partial charge >= 0.3 is 0 Å². The first kappa shape index (κ1) is 19.4. The van der Waals surface area contributed by atoms with Crippen LogP contribution in [0, 0.1) is 0 Å². The van der Waals surface area contributed by atoms with Crippen molar-refractivity contribution in [2.75, 3.05) is 0 Å². The second-order valence-corrected chi connectivity index (χ2v) is 11.7. The van der Waals surface area contributed by atoms with E-state index in [4.69, 9.17) is 11.6 Å². The van der Waals surface area contributed by atoms with E-state index in [1.54, 1.807) is 6.92 Å². The molecule has 3 aromatic carbocycles. The van der Waals surface area contributed by atoms with E-state index in [2.05, 4.69) is 60.4 Å². The van der Waals surface area contributed by atoms with Gasteiger partial charge in [-0.25, -0.2) is 0 Å². The molecule has 1 unspecified atom stereocenters. The molecule has 0 aromatic heterocycles. The minimum atomic E-state index is -2.26. The van der Waals surface area contributed by atoms with Crippen LogP contribution in [0.2, 0.25) is 11.6 Å². The van der Waals surface area contributed by atoms with Crippen molar-refractivity contribution in [2.24, 2.45) is 0 Å². The summed E-state index contributed by atoms with van der Waals surface area (Å²) in [5.74, 6) is -0.000416. The number of carbonyl (C=O) groups is 1. The first-order valence-electron chi connectivity index (χ1n) is 9.12. The van der Waals surface area contributed by atoms with E-state index in [1.165, 1.54) is 15.9 Å². The number of hydrogen-bond acceptors (Lipinski definition) is 1. The third-order valence-corrected chi connectivity index (χ3v) is 10.2. The maximum Gasteiger partial charge on any atom is 0.216 e. The van der Waals surface area contributed by atoms with Gasteiger partial charge in [-0.2, -0.15) is 0 Å². The number of amides is 1. The van der Waals surface area contributed by atoms with Crippen LogP contribution in [0.15, 0.2) is 84.9 Å². The van der Waals surface area contributed by atoms with Gasteiger partial charge in [0.1, 0.15) is 8.07 Å². The van der Waals surface area contributed by atoms with Crippen LogP contribution in [0.4, 0.5) is 0 Å². The van der Waals surface area contributed by atoms with Crippen LogP contribution in [-0.2, 0) is 11.2 Å². The van der Waals surface area contributed by atoms with Crippen LogP contribution < -0.4 is 15.7 Å². The first-order valence-corrected chi connectivity index (χ1v) is 12.1. The Morgan fingerprint density at radius 1 is 0.889 bits per heavy atom. The molecule has 1 N–H and O–H groups in total. The number of rotatable bonds is 6. The lowest BCUT2D eigenvalue weighted by Crippen LogP contribution is -2.69. The van der Waals surface area contributed by atoms with Gasteiger partial charge in [0.25, 0.3) is 0 Å². The smallest absolute Gasteiger partial charge is 0.216 e. The second kappa shape index (κ2) is 8.55. The summed E-state index contributed by atoms with van der Waals surface area (Å²) in [6.07, 6.45) is 0.767. The molecule has 138 valence electrons. The van der Waals surface area contributed by atoms with Crippen molar-refractivity contribution < 1.29 is 4.79 Å². The summed E-state index contributed by atoms with van der Waals surface area (Å²) in [6, 6.07) is 29.1. The minimum absolute atomic E-state index is 0.000416. The van der Waals surface area contributed by atoms with Gasteiger partial charge < -0.3 is 5.32 Å². The molecule has 0 bridgehead atoms. The standard InChI is InChI=1S/C23H24ClNOSi/c1-18(26)25-23(17-19-13-15-20(24)16-14-19)27(2,21-9-5-3-6-10-21)22-11-7-4-8-12-22/h3-16,23H,17H2,1-2H3,(H,25,26). The van der Waals surface area contributed by atoms with Crippen molar-refractivity contribution in [3.05, 3.63) is 95.5 Å². The molecule has 0 saturated carbocycles.